The Morgan fingerprint density at radius 3 is 2.36 bits per heavy atom. The number of anilines is 1. The molecule has 5 amide bonds. The van der Waals surface area contributed by atoms with Gasteiger partial charge in [-0.25, -0.2) is 0 Å². The van der Waals surface area contributed by atoms with Gasteiger partial charge in [0.1, 0.15) is 6.04 Å². The lowest BCUT2D eigenvalue weighted by Gasteiger charge is -2.37. The minimum absolute atomic E-state index is 0.0601. The van der Waals surface area contributed by atoms with Crippen molar-refractivity contribution in [1.29, 1.82) is 0 Å². The van der Waals surface area contributed by atoms with Crippen LogP contribution in [-0.2, 0) is 22.6 Å². The molecular formula is C35H41N5O5. The Morgan fingerprint density at radius 1 is 0.800 bits per heavy atom. The van der Waals surface area contributed by atoms with E-state index in [-0.39, 0.29) is 24.7 Å². The van der Waals surface area contributed by atoms with Crippen LogP contribution in [0.1, 0.15) is 100.0 Å². The van der Waals surface area contributed by atoms with Crippen LogP contribution in [0.5, 0.6) is 0 Å². The van der Waals surface area contributed by atoms with Gasteiger partial charge in [0.25, 0.3) is 17.7 Å². The average molecular weight is 612 g/mol. The summed E-state index contributed by atoms with van der Waals surface area (Å²) in [5.74, 6) is -1.29. The van der Waals surface area contributed by atoms with E-state index >= 15 is 0 Å². The zero-order valence-electron chi connectivity index (χ0n) is 25.7. The summed E-state index contributed by atoms with van der Waals surface area (Å²) in [4.78, 5) is 68.9. The van der Waals surface area contributed by atoms with E-state index in [9.17, 15) is 24.0 Å². The van der Waals surface area contributed by atoms with E-state index in [0.29, 0.717) is 23.1 Å². The normalized spacial score (nSPS) is 23.2. The van der Waals surface area contributed by atoms with Crippen molar-refractivity contribution in [3.8, 4) is 0 Å². The first-order valence-electron chi connectivity index (χ1n) is 16.6. The van der Waals surface area contributed by atoms with Gasteiger partial charge in [0.15, 0.2) is 0 Å². The third kappa shape index (κ3) is 6.00. The molecule has 3 fully saturated rings. The topological polar surface area (TPSA) is 119 Å². The predicted octanol–water partition coefficient (Wildman–Crippen LogP) is 3.43. The van der Waals surface area contributed by atoms with Crippen LogP contribution in [0.25, 0.3) is 0 Å². The Kier molecular flexibility index (Phi) is 8.16. The van der Waals surface area contributed by atoms with Gasteiger partial charge >= 0.3 is 0 Å². The lowest BCUT2D eigenvalue weighted by Crippen LogP contribution is -2.54. The summed E-state index contributed by atoms with van der Waals surface area (Å²) in [7, 11) is 0. The molecule has 10 nitrogen and oxygen atoms in total. The van der Waals surface area contributed by atoms with Crippen LogP contribution in [0.4, 0.5) is 5.69 Å². The Hall–Kier alpha value is -4.05. The van der Waals surface area contributed by atoms with Gasteiger partial charge in [-0.2, -0.15) is 0 Å². The smallest absolute Gasteiger partial charge is 0.262 e. The summed E-state index contributed by atoms with van der Waals surface area (Å²) in [5, 5.41) is 5.49. The summed E-state index contributed by atoms with van der Waals surface area (Å²) in [6.07, 6.45) is 9.14. The molecule has 2 aromatic carbocycles. The van der Waals surface area contributed by atoms with Gasteiger partial charge in [-0.15, -0.1) is 0 Å². The molecule has 236 valence electrons. The molecule has 0 aromatic heterocycles. The molecule has 1 aliphatic carbocycles. The molecule has 1 saturated carbocycles. The van der Waals surface area contributed by atoms with Gasteiger partial charge in [0.2, 0.25) is 11.8 Å². The van der Waals surface area contributed by atoms with Crippen molar-refractivity contribution in [2.24, 2.45) is 5.92 Å². The van der Waals surface area contributed by atoms with Crippen molar-refractivity contribution in [1.82, 2.24) is 20.4 Å². The molecule has 45 heavy (non-hydrogen) atoms. The number of carbonyl (C=O) groups excluding carboxylic acids is 5. The minimum Gasteiger partial charge on any atom is -0.371 e. The van der Waals surface area contributed by atoms with Crippen LogP contribution in [0.2, 0.25) is 0 Å². The van der Waals surface area contributed by atoms with Crippen molar-refractivity contribution < 1.29 is 24.0 Å². The summed E-state index contributed by atoms with van der Waals surface area (Å²) in [6, 6.07) is 11.0. The standard InChI is InChI=1S/C35H41N5O5/c41-31-11-10-30(33(43)37-31)40-34(44)28-9-8-27(19-29(28)35(40)45)39-16-12-22(13-17-39)20-38-15-14-23-18-24(6-7-25(23)21-38)32(42)36-26-4-2-1-3-5-26/h6-9,18-19,22,26,30H,1-5,10-17,20-21H2,(H,36,42)(H,37,41,43). The van der Waals surface area contributed by atoms with Crippen LogP contribution in [0.3, 0.4) is 0 Å². The van der Waals surface area contributed by atoms with Gasteiger partial charge in [-0.05, 0) is 85.9 Å². The Morgan fingerprint density at radius 2 is 1.58 bits per heavy atom. The van der Waals surface area contributed by atoms with E-state index in [4.69, 9.17) is 0 Å². The molecule has 2 N–H and O–H groups in total. The van der Waals surface area contributed by atoms with Crippen molar-refractivity contribution in [3.63, 3.8) is 0 Å². The molecule has 5 aliphatic rings. The Bertz CT molecular complexity index is 1540. The minimum atomic E-state index is -0.955. The summed E-state index contributed by atoms with van der Waals surface area (Å²) >= 11 is 0. The zero-order chi connectivity index (χ0) is 31.1. The average Bonchev–Trinajstić information content (AvgIpc) is 3.30. The largest absolute Gasteiger partial charge is 0.371 e. The molecule has 7 rings (SSSR count). The number of hydrogen-bond acceptors (Lipinski definition) is 7. The number of imide groups is 2. The summed E-state index contributed by atoms with van der Waals surface area (Å²) in [5.41, 5.74) is 4.93. The van der Waals surface area contributed by atoms with E-state index in [2.05, 4.69) is 32.6 Å². The predicted molar refractivity (Wildman–Crippen MR) is 168 cm³/mol. The first-order valence-corrected chi connectivity index (χ1v) is 16.6. The van der Waals surface area contributed by atoms with E-state index < -0.39 is 23.8 Å². The first-order chi connectivity index (χ1) is 21.8. The number of hydrogen-bond donors (Lipinski definition) is 2. The highest BCUT2D eigenvalue weighted by Gasteiger charge is 2.44. The molecule has 1 unspecified atom stereocenters. The molecule has 1 atom stereocenters. The van der Waals surface area contributed by atoms with Crippen molar-refractivity contribution >= 4 is 35.2 Å². The van der Waals surface area contributed by atoms with E-state index in [1.54, 1.807) is 12.1 Å². The number of carbonyl (C=O) groups is 5. The van der Waals surface area contributed by atoms with E-state index in [1.807, 2.05) is 12.1 Å². The van der Waals surface area contributed by atoms with Gasteiger partial charge in [0.05, 0.1) is 11.1 Å². The van der Waals surface area contributed by atoms with E-state index in [0.717, 1.165) is 81.0 Å². The van der Waals surface area contributed by atoms with Gasteiger partial charge in [-0.3, -0.25) is 39.1 Å². The maximum absolute atomic E-state index is 13.3. The Labute approximate surface area is 263 Å². The van der Waals surface area contributed by atoms with Crippen LogP contribution < -0.4 is 15.5 Å². The number of nitrogens with zero attached hydrogens (tertiary/aromatic N) is 3. The number of benzene rings is 2. The van der Waals surface area contributed by atoms with Crippen LogP contribution in [0, 0.1) is 5.92 Å². The molecule has 0 bridgehead atoms. The monoisotopic (exact) mass is 611 g/mol. The highest BCUT2D eigenvalue weighted by Crippen LogP contribution is 2.33. The fourth-order valence-electron chi connectivity index (χ4n) is 7.82. The van der Waals surface area contributed by atoms with E-state index in [1.165, 1.54) is 30.4 Å². The van der Waals surface area contributed by atoms with Gasteiger partial charge < -0.3 is 10.2 Å². The molecule has 0 radical (unpaired) electrons. The number of piperidine rings is 2. The molecule has 10 heteroatoms. The highest BCUT2D eigenvalue weighted by atomic mass is 16.2. The fraction of sp³-hybridized carbons (Fsp3) is 0.514. The summed E-state index contributed by atoms with van der Waals surface area (Å²) in [6.45, 7) is 4.67. The quantitative estimate of drug-likeness (QED) is 0.481. The second-order valence-electron chi connectivity index (χ2n) is 13.4. The molecule has 2 aromatic rings. The third-order valence-corrected chi connectivity index (χ3v) is 10.4. The van der Waals surface area contributed by atoms with Crippen LogP contribution in [-0.4, -0.2) is 77.6 Å². The molecule has 2 saturated heterocycles. The number of rotatable bonds is 6. The molecule has 4 heterocycles. The second-order valence-corrected chi connectivity index (χ2v) is 13.4. The SMILES string of the molecule is O=C1CCC(N2C(=O)c3ccc(N4CCC(CN5CCc6cc(C(=O)NC7CCCCC7)ccc6C5)CC4)cc3C2=O)C(=O)N1. The van der Waals surface area contributed by atoms with Crippen LogP contribution in [0.15, 0.2) is 36.4 Å². The lowest BCUT2D eigenvalue weighted by molar-refractivity contribution is -0.136. The number of nitrogens with one attached hydrogen (secondary N) is 2. The molecule has 0 spiro atoms. The first kappa shape index (κ1) is 29.6. The maximum atomic E-state index is 13.3. The van der Waals surface area contributed by atoms with Crippen molar-refractivity contribution in [3.05, 3.63) is 64.2 Å². The molecule has 4 aliphatic heterocycles. The van der Waals surface area contributed by atoms with Gasteiger partial charge in [-0.1, -0.05) is 25.3 Å². The number of fused-ring (bicyclic) bond motifs is 2. The maximum Gasteiger partial charge on any atom is 0.262 e. The lowest BCUT2D eigenvalue weighted by atomic mass is 9.92. The third-order valence-electron chi connectivity index (χ3n) is 10.4. The number of amides is 5. The van der Waals surface area contributed by atoms with Crippen molar-refractivity contribution in [2.75, 3.05) is 31.1 Å². The second kappa shape index (κ2) is 12.4. The highest BCUT2D eigenvalue weighted by molar-refractivity contribution is 6.23. The Balaban J connectivity index is 0.922. The van der Waals surface area contributed by atoms with Crippen LogP contribution >= 0.6 is 0 Å². The van der Waals surface area contributed by atoms with Gasteiger partial charge in [0, 0.05) is 56.4 Å². The zero-order valence-corrected chi connectivity index (χ0v) is 25.7. The molecular weight excluding hydrogens is 570 g/mol. The fourth-order valence-corrected chi connectivity index (χ4v) is 7.82. The van der Waals surface area contributed by atoms with Crippen molar-refractivity contribution in [2.45, 2.75) is 82.8 Å². The summed E-state index contributed by atoms with van der Waals surface area (Å²) < 4.78 is 0.